The minimum absolute atomic E-state index is 0.0559. The molecule has 1 saturated heterocycles. The Morgan fingerprint density at radius 2 is 1.70 bits per heavy atom. The van der Waals surface area contributed by atoms with Gasteiger partial charge in [-0.2, -0.15) is 4.98 Å². The summed E-state index contributed by atoms with van der Waals surface area (Å²) in [7, 11) is 0. The van der Waals surface area contributed by atoms with Gasteiger partial charge in [0.2, 0.25) is 11.9 Å². The lowest BCUT2D eigenvalue weighted by Gasteiger charge is -2.27. The van der Waals surface area contributed by atoms with Crippen LogP contribution < -0.4 is 15.4 Å². The molecule has 3 aromatic carbocycles. The molecule has 0 atom stereocenters. The van der Waals surface area contributed by atoms with Gasteiger partial charge in [0.25, 0.3) is 5.91 Å². The van der Waals surface area contributed by atoms with Crippen LogP contribution in [0.25, 0.3) is 16.8 Å². The van der Waals surface area contributed by atoms with Gasteiger partial charge in [-0.3, -0.25) is 9.59 Å². The van der Waals surface area contributed by atoms with E-state index in [0.29, 0.717) is 67.2 Å². The minimum Gasteiger partial charge on any atom is -0.492 e. The smallest absolute Gasteiger partial charge is 0.254 e. The molecule has 2 N–H and O–H groups in total. The normalized spacial score (nSPS) is 13.1. The maximum atomic E-state index is 13.1. The van der Waals surface area contributed by atoms with Crippen LogP contribution in [0.2, 0.25) is 0 Å². The number of carbonyl (C=O) groups excluding carboxylic acids is 2. The van der Waals surface area contributed by atoms with Crippen molar-refractivity contribution in [3.8, 4) is 16.9 Å². The molecular formula is C33H31FN6O4. The molecule has 5 aromatic rings. The number of aromatic nitrogens is 3. The summed E-state index contributed by atoms with van der Waals surface area (Å²) in [5.41, 5.74) is 5.10. The van der Waals surface area contributed by atoms with Crippen LogP contribution in [-0.4, -0.2) is 64.2 Å². The standard InChI is InChI=1S/C33H31FN6O4/c1-2-44-29-20-24(32(42)39-15-17-43-18-16-39)7-13-28(29)36-33-37-30-14-8-25(21-40(30)38-33)23-5-11-27(12-6-23)35-31(41)19-22-3-9-26(34)10-4-22/h3-14,20-21H,2,15-19H2,1H3,(H,35,41)(H,36,38). The molecule has 0 unspecified atom stereocenters. The first-order valence-electron chi connectivity index (χ1n) is 14.4. The summed E-state index contributed by atoms with van der Waals surface area (Å²) in [5, 5.41) is 10.7. The van der Waals surface area contributed by atoms with Gasteiger partial charge < -0.3 is 25.0 Å². The molecule has 0 bridgehead atoms. The zero-order chi connectivity index (χ0) is 30.5. The molecule has 10 nitrogen and oxygen atoms in total. The van der Waals surface area contributed by atoms with E-state index < -0.39 is 0 Å². The predicted octanol–water partition coefficient (Wildman–Crippen LogP) is 5.33. The van der Waals surface area contributed by atoms with Gasteiger partial charge in [-0.15, -0.1) is 5.10 Å². The first kappa shape index (κ1) is 28.8. The van der Waals surface area contributed by atoms with Gasteiger partial charge in [0.1, 0.15) is 11.6 Å². The molecule has 0 radical (unpaired) electrons. The number of morpholine rings is 1. The van der Waals surface area contributed by atoms with Crippen molar-refractivity contribution < 1.29 is 23.5 Å². The van der Waals surface area contributed by atoms with Gasteiger partial charge in [0.05, 0.1) is 31.9 Å². The Morgan fingerprint density at radius 1 is 0.955 bits per heavy atom. The number of hydrogen-bond acceptors (Lipinski definition) is 7. The second kappa shape index (κ2) is 12.9. The highest BCUT2D eigenvalue weighted by Gasteiger charge is 2.20. The minimum atomic E-state index is -0.333. The number of pyridine rings is 1. The number of amides is 2. The largest absolute Gasteiger partial charge is 0.492 e. The van der Waals surface area contributed by atoms with Crippen LogP contribution in [0.5, 0.6) is 5.75 Å². The summed E-state index contributed by atoms with van der Waals surface area (Å²) in [5.74, 6) is 0.352. The zero-order valence-electron chi connectivity index (χ0n) is 24.1. The van der Waals surface area contributed by atoms with E-state index in [1.807, 2.05) is 49.5 Å². The topological polar surface area (TPSA) is 110 Å². The number of fused-ring (bicyclic) bond motifs is 1. The summed E-state index contributed by atoms with van der Waals surface area (Å²) in [6, 6.07) is 22.5. The van der Waals surface area contributed by atoms with Crippen molar-refractivity contribution in [1.29, 1.82) is 0 Å². The van der Waals surface area contributed by atoms with Crippen LogP contribution in [0.3, 0.4) is 0 Å². The second-order valence-corrected chi connectivity index (χ2v) is 10.3. The Morgan fingerprint density at radius 3 is 2.45 bits per heavy atom. The van der Waals surface area contributed by atoms with Gasteiger partial charge in [0, 0.05) is 36.1 Å². The number of ether oxygens (including phenoxy) is 2. The van der Waals surface area contributed by atoms with Gasteiger partial charge >= 0.3 is 0 Å². The van der Waals surface area contributed by atoms with Crippen molar-refractivity contribution in [2.45, 2.75) is 13.3 Å². The van der Waals surface area contributed by atoms with E-state index in [0.717, 1.165) is 16.7 Å². The van der Waals surface area contributed by atoms with Crippen LogP contribution in [0.15, 0.2) is 85.1 Å². The molecular weight excluding hydrogens is 563 g/mol. The van der Waals surface area contributed by atoms with Crippen molar-refractivity contribution >= 4 is 34.8 Å². The Balaban J connectivity index is 1.14. The number of nitrogens with one attached hydrogen (secondary N) is 2. The second-order valence-electron chi connectivity index (χ2n) is 10.3. The van der Waals surface area contributed by atoms with E-state index in [1.165, 1.54) is 12.1 Å². The highest BCUT2D eigenvalue weighted by atomic mass is 19.1. The maximum Gasteiger partial charge on any atom is 0.254 e. The van der Waals surface area contributed by atoms with E-state index in [4.69, 9.17) is 9.47 Å². The van der Waals surface area contributed by atoms with Crippen molar-refractivity contribution in [2.24, 2.45) is 0 Å². The summed E-state index contributed by atoms with van der Waals surface area (Å²) >= 11 is 0. The van der Waals surface area contributed by atoms with E-state index in [-0.39, 0.29) is 24.1 Å². The third-order valence-electron chi connectivity index (χ3n) is 7.18. The number of benzene rings is 3. The van der Waals surface area contributed by atoms with Crippen molar-refractivity contribution in [3.63, 3.8) is 0 Å². The average Bonchev–Trinajstić information content (AvgIpc) is 3.45. The maximum absolute atomic E-state index is 13.1. The van der Waals surface area contributed by atoms with Crippen molar-refractivity contribution in [1.82, 2.24) is 19.5 Å². The Kier molecular flexibility index (Phi) is 8.46. The molecule has 2 amide bonds. The molecule has 0 aliphatic carbocycles. The third-order valence-corrected chi connectivity index (χ3v) is 7.18. The number of halogens is 1. The summed E-state index contributed by atoms with van der Waals surface area (Å²) in [4.78, 5) is 31.8. The number of carbonyl (C=O) groups is 2. The third kappa shape index (κ3) is 6.68. The Labute approximate surface area is 253 Å². The summed E-state index contributed by atoms with van der Waals surface area (Å²) < 4.78 is 26.0. The SMILES string of the molecule is CCOc1cc(C(=O)N2CCOCC2)ccc1Nc1nc2ccc(-c3ccc(NC(=O)Cc4ccc(F)cc4)cc3)cn2n1. The highest BCUT2D eigenvalue weighted by Crippen LogP contribution is 2.30. The van der Waals surface area contributed by atoms with E-state index in [2.05, 4.69) is 20.7 Å². The fourth-order valence-electron chi connectivity index (χ4n) is 4.95. The molecule has 6 rings (SSSR count). The molecule has 1 fully saturated rings. The van der Waals surface area contributed by atoms with Crippen molar-refractivity contribution in [2.75, 3.05) is 43.5 Å². The highest BCUT2D eigenvalue weighted by molar-refractivity contribution is 5.95. The molecule has 11 heteroatoms. The number of rotatable bonds is 9. The van der Waals surface area contributed by atoms with E-state index in [1.54, 1.807) is 39.7 Å². The van der Waals surface area contributed by atoms with Crippen LogP contribution >= 0.6 is 0 Å². The predicted molar refractivity (Wildman–Crippen MR) is 165 cm³/mol. The molecule has 3 heterocycles. The quantitative estimate of drug-likeness (QED) is 0.237. The van der Waals surface area contributed by atoms with E-state index >= 15 is 0 Å². The monoisotopic (exact) mass is 594 g/mol. The van der Waals surface area contributed by atoms with Crippen molar-refractivity contribution in [3.05, 3.63) is 102 Å². The molecule has 44 heavy (non-hydrogen) atoms. The van der Waals surface area contributed by atoms with Gasteiger partial charge in [-0.05, 0) is 72.6 Å². The fourth-order valence-corrected chi connectivity index (χ4v) is 4.95. The lowest BCUT2D eigenvalue weighted by molar-refractivity contribution is -0.115. The molecule has 0 saturated carbocycles. The lowest BCUT2D eigenvalue weighted by atomic mass is 10.1. The van der Waals surface area contributed by atoms with Crippen LogP contribution in [0.1, 0.15) is 22.8 Å². The van der Waals surface area contributed by atoms with E-state index in [9.17, 15) is 14.0 Å². The number of hydrogen-bond donors (Lipinski definition) is 2. The van der Waals surface area contributed by atoms with Gasteiger partial charge in [-0.25, -0.2) is 8.91 Å². The zero-order valence-corrected chi connectivity index (χ0v) is 24.1. The molecule has 1 aliphatic heterocycles. The molecule has 2 aromatic heterocycles. The van der Waals surface area contributed by atoms with Gasteiger partial charge in [-0.1, -0.05) is 24.3 Å². The fraction of sp³-hybridized carbons (Fsp3) is 0.212. The molecule has 224 valence electrons. The first-order chi connectivity index (χ1) is 21.4. The average molecular weight is 595 g/mol. The molecule has 1 aliphatic rings. The summed E-state index contributed by atoms with van der Waals surface area (Å²) in [6.07, 6.45) is 2.04. The summed E-state index contributed by atoms with van der Waals surface area (Å²) in [6.45, 7) is 4.52. The Hall–Kier alpha value is -5.29. The Bertz CT molecular complexity index is 1780. The van der Waals surface area contributed by atoms with Crippen LogP contribution in [-0.2, 0) is 16.0 Å². The van der Waals surface area contributed by atoms with Gasteiger partial charge in [0.15, 0.2) is 5.65 Å². The number of nitrogens with zero attached hydrogens (tertiary/aromatic N) is 4. The molecule has 0 spiro atoms. The van der Waals surface area contributed by atoms with Crippen LogP contribution in [0.4, 0.5) is 21.7 Å². The van der Waals surface area contributed by atoms with Crippen LogP contribution in [0, 0.1) is 5.82 Å². The lowest BCUT2D eigenvalue weighted by Crippen LogP contribution is -2.40. The first-order valence-corrected chi connectivity index (χ1v) is 14.4. The number of anilines is 3.